The summed E-state index contributed by atoms with van der Waals surface area (Å²) in [6, 6.07) is 16.3. The van der Waals surface area contributed by atoms with Crippen LogP contribution in [0.3, 0.4) is 0 Å². The van der Waals surface area contributed by atoms with Gasteiger partial charge in [0.2, 0.25) is 5.91 Å². The number of fused-ring (bicyclic) bond motifs is 3. The molecule has 2 aromatic carbocycles. The van der Waals surface area contributed by atoms with E-state index in [9.17, 15) is 14.4 Å². The van der Waals surface area contributed by atoms with E-state index < -0.39 is 18.0 Å². The van der Waals surface area contributed by atoms with E-state index in [4.69, 9.17) is 9.84 Å². The fourth-order valence-electron chi connectivity index (χ4n) is 4.79. The molecule has 4 rings (SSSR count). The lowest BCUT2D eigenvalue weighted by Gasteiger charge is -2.37. The number of aliphatic carboxylic acids is 1. The summed E-state index contributed by atoms with van der Waals surface area (Å²) in [4.78, 5) is 37.8. The molecule has 2 aliphatic carbocycles. The number of hydrogen-bond acceptors (Lipinski definition) is 4. The Morgan fingerprint density at radius 3 is 2.18 bits per heavy atom. The molecular formula is C26H30N2O5. The molecule has 1 atom stereocenters. The van der Waals surface area contributed by atoms with E-state index in [2.05, 4.69) is 29.6 Å². The van der Waals surface area contributed by atoms with Gasteiger partial charge in [0, 0.05) is 31.0 Å². The normalized spacial score (nSPS) is 19.6. The zero-order valence-electron chi connectivity index (χ0n) is 19.0. The minimum absolute atomic E-state index is 0.00760. The number of carboxylic acid groups (broad SMARTS) is 1. The molecule has 7 heteroatoms. The Hall–Kier alpha value is -3.35. The fraction of sp³-hybridized carbons (Fsp3) is 0.423. The van der Waals surface area contributed by atoms with Crippen molar-refractivity contribution in [3.8, 4) is 11.1 Å². The maximum absolute atomic E-state index is 12.7. The molecule has 1 unspecified atom stereocenters. The molecule has 0 heterocycles. The first-order chi connectivity index (χ1) is 15.9. The Morgan fingerprint density at radius 2 is 1.64 bits per heavy atom. The second-order valence-corrected chi connectivity index (χ2v) is 8.95. The monoisotopic (exact) mass is 450 g/mol. The van der Waals surface area contributed by atoms with Crippen LogP contribution in [0.1, 0.15) is 43.7 Å². The summed E-state index contributed by atoms with van der Waals surface area (Å²) in [5.41, 5.74) is 4.69. The third-order valence-electron chi connectivity index (χ3n) is 6.76. The van der Waals surface area contributed by atoms with E-state index in [1.165, 1.54) is 11.1 Å². The quantitative estimate of drug-likeness (QED) is 0.637. The number of ether oxygens (including phenoxy) is 1. The number of carbonyl (C=O) groups is 3. The summed E-state index contributed by atoms with van der Waals surface area (Å²) in [5, 5.41) is 12.0. The molecule has 0 bridgehead atoms. The average molecular weight is 451 g/mol. The van der Waals surface area contributed by atoms with E-state index in [1.54, 1.807) is 11.8 Å². The Morgan fingerprint density at radius 1 is 1.06 bits per heavy atom. The van der Waals surface area contributed by atoms with Crippen LogP contribution in [0.25, 0.3) is 11.1 Å². The minimum Gasteiger partial charge on any atom is -0.481 e. The molecule has 2 aliphatic rings. The second-order valence-electron chi connectivity index (χ2n) is 8.95. The van der Waals surface area contributed by atoms with Gasteiger partial charge in [-0.25, -0.2) is 4.79 Å². The highest BCUT2D eigenvalue weighted by atomic mass is 16.5. The van der Waals surface area contributed by atoms with Gasteiger partial charge in [-0.15, -0.1) is 0 Å². The first-order valence-electron chi connectivity index (χ1n) is 11.5. The number of hydrogen-bond donors (Lipinski definition) is 2. The Labute approximate surface area is 193 Å². The van der Waals surface area contributed by atoms with Gasteiger partial charge in [-0.05, 0) is 42.0 Å². The lowest BCUT2D eigenvalue weighted by Crippen LogP contribution is -2.51. The van der Waals surface area contributed by atoms with Gasteiger partial charge in [0.05, 0.1) is 5.92 Å². The van der Waals surface area contributed by atoms with Crippen LogP contribution in [0.4, 0.5) is 4.79 Å². The van der Waals surface area contributed by atoms with E-state index in [0.29, 0.717) is 19.4 Å². The summed E-state index contributed by atoms with van der Waals surface area (Å²) in [7, 11) is 0. The molecule has 0 radical (unpaired) electrons. The average Bonchev–Trinajstić information content (AvgIpc) is 3.11. The highest BCUT2D eigenvalue weighted by molar-refractivity contribution is 5.81. The van der Waals surface area contributed by atoms with E-state index in [1.807, 2.05) is 31.2 Å². The third kappa shape index (κ3) is 4.72. The van der Waals surface area contributed by atoms with Crippen molar-refractivity contribution in [3.63, 3.8) is 0 Å². The first-order valence-corrected chi connectivity index (χ1v) is 11.5. The molecule has 0 spiro atoms. The number of carbonyl (C=O) groups excluding carboxylic acids is 2. The third-order valence-corrected chi connectivity index (χ3v) is 6.76. The molecule has 0 aliphatic heterocycles. The molecule has 2 N–H and O–H groups in total. The molecular weight excluding hydrogens is 420 g/mol. The minimum atomic E-state index is -0.912. The van der Waals surface area contributed by atoms with Gasteiger partial charge in [-0.3, -0.25) is 9.59 Å². The molecule has 2 aromatic rings. The maximum Gasteiger partial charge on any atom is 0.407 e. The van der Waals surface area contributed by atoms with Crippen molar-refractivity contribution < 1.29 is 24.2 Å². The Balaban J connectivity index is 1.27. The van der Waals surface area contributed by atoms with Crippen LogP contribution in [0.2, 0.25) is 0 Å². The zero-order chi connectivity index (χ0) is 23.5. The van der Waals surface area contributed by atoms with Crippen molar-refractivity contribution in [2.75, 3.05) is 19.7 Å². The standard InChI is InChI=1S/C26H30N2O5/c1-3-28(14-16(2)25(30)31)24(29)17-12-18(13-17)27-26(32)33-15-23-21-10-6-4-8-19(21)20-9-5-7-11-22(20)23/h4-11,16-18,23H,3,12-15H2,1-2H3,(H,27,32)(H,30,31). The van der Waals surface area contributed by atoms with Gasteiger partial charge < -0.3 is 20.1 Å². The topological polar surface area (TPSA) is 95.9 Å². The lowest BCUT2D eigenvalue weighted by atomic mass is 9.79. The zero-order valence-corrected chi connectivity index (χ0v) is 19.0. The summed E-state index contributed by atoms with van der Waals surface area (Å²) in [6.07, 6.45) is 0.613. The largest absolute Gasteiger partial charge is 0.481 e. The Bertz CT molecular complexity index is 1000. The van der Waals surface area contributed by atoms with Gasteiger partial charge in [0.15, 0.2) is 0 Å². The van der Waals surface area contributed by atoms with Gasteiger partial charge >= 0.3 is 12.1 Å². The molecule has 0 aromatic heterocycles. The highest BCUT2D eigenvalue weighted by Gasteiger charge is 2.38. The predicted molar refractivity (Wildman–Crippen MR) is 124 cm³/mol. The number of amides is 2. The number of rotatable bonds is 8. The molecule has 1 saturated carbocycles. The molecule has 1 fully saturated rings. The summed E-state index contributed by atoms with van der Waals surface area (Å²) >= 11 is 0. The fourth-order valence-corrected chi connectivity index (χ4v) is 4.79. The number of alkyl carbamates (subject to hydrolysis) is 1. The van der Waals surface area contributed by atoms with E-state index >= 15 is 0 Å². The van der Waals surface area contributed by atoms with Crippen LogP contribution in [0.5, 0.6) is 0 Å². The van der Waals surface area contributed by atoms with E-state index in [-0.39, 0.29) is 36.9 Å². The lowest BCUT2D eigenvalue weighted by molar-refractivity contribution is -0.145. The van der Waals surface area contributed by atoms with Crippen molar-refractivity contribution in [3.05, 3.63) is 59.7 Å². The number of nitrogens with one attached hydrogen (secondary N) is 1. The van der Waals surface area contributed by atoms with Crippen LogP contribution in [0.15, 0.2) is 48.5 Å². The molecule has 33 heavy (non-hydrogen) atoms. The van der Waals surface area contributed by atoms with Crippen molar-refractivity contribution in [1.82, 2.24) is 10.2 Å². The van der Waals surface area contributed by atoms with Gasteiger partial charge in [-0.1, -0.05) is 55.5 Å². The Kier molecular flexibility index (Phi) is 6.67. The number of benzene rings is 2. The van der Waals surface area contributed by atoms with Gasteiger partial charge in [0.25, 0.3) is 0 Å². The second kappa shape index (κ2) is 9.65. The van der Waals surface area contributed by atoms with Gasteiger partial charge in [0.1, 0.15) is 6.61 Å². The smallest absolute Gasteiger partial charge is 0.407 e. The van der Waals surface area contributed by atoms with Crippen LogP contribution in [-0.4, -0.2) is 53.7 Å². The van der Waals surface area contributed by atoms with E-state index in [0.717, 1.165) is 11.1 Å². The highest BCUT2D eigenvalue weighted by Crippen LogP contribution is 2.44. The number of nitrogens with zero attached hydrogens (tertiary/aromatic N) is 1. The van der Waals surface area contributed by atoms with Gasteiger partial charge in [-0.2, -0.15) is 0 Å². The number of carboxylic acids is 1. The maximum atomic E-state index is 12.7. The summed E-state index contributed by atoms with van der Waals surface area (Å²) in [5.74, 6) is -1.75. The van der Waals surface area contributed by atoms with Crippen molar-refractivity contribution in [2.24, 2.45) is 11.8 Å². The SMILES string of the molecule is CCN(CC(C)C(=O)O)C(=O)C1CC(NC(=O)OCC2c3ccccc3-c3ccccc32)C1. The molecule has 7 nitrogen and oxygen atoms in total. The van der Waals surface area contributed by atoms with Crippen LogP contribution in [-0.2, 0) is 14.3 Å². The van der Waals surface area contributed by atoms with Crippen LogP contribution in [0, 0.1) is 11.8 Å². The molecule has 174 valence electrons. The van der Waals surface area contributed by atoms with Crippen LogP contribution >= 0.6 is 0 Å². The summed E-state index contributed by atoms with van der Waals surface area (Å²) < 4.78 is 5.58. The first kappa shape index (κ1) is 22.8. The van der Waals surface area contributed by atoms with Crippen LogP contribution < -0.4 is 5.32 Å². The van der Waals surface area contributed by atoms with Crippen molar-refractivity contribution in [2.45, 2.75) is 38.6 Å². The van der Waals surface area contributed by atoms with Crippen molar-refractivity contribution >= 4 is 18.0 Å². The summed E-state index contributed by atoms with van der Waals surface area (Å²) in [6.45, 7) is 4.37. The predicted octanol–water partition coefficient (Wildman–Crippen LogP) is 3.87. The van der Waals surface area contributed by atoms with Crippen molar-refractivity contribution in [1.29, 1.82) is 0 Å². The molecule has 2 amide bonds. The molecule has 0 saturated heterocycles.